The Bertz CT molecular complexity index is 312. The predicted molar refractivity (Wildman–Crippen MR) is 76.2 cm³/mol. The van der Waals surface area contributed by atoms with Gasteiger partial charge in [-0.25, -0.2) is 4.79 Å². The maximum Gasteiger partial charge on any atom is 0.315 e. The largest absolute Gasteiger partial charge is 0.481 e. The van der Waals surface area contributed by atoms with Crippen LogP contribution in [0.2, 0.25) is 0 Å². The molecular weight excluding hydrogens is 244 g/mol. The maximum atomic E-state index is 11.7. The third-order valence-corrected chi connectivity index (χ3v) is 3.44. The third kappa shape index (κ3) is 9.33. The number of rotatable bonds is 8. The van der Waals surface area contributed by atoms with Gasteiger partial charge in [0.25, 0.3) is 0 Å². The molecule has 0 spiro atoms. The molecule has 0 unspecified atom stereocenters. The quantitative estimate of drug-likeness (QED) is 0.635. The van der Waals surface area contributed by atoms with Crippen LogP contribution in [-0.2, 0) is 4.79 Å². The summed E-state index contributed by atoms with van der Waals surface area (Å²) in [6, 6.07) is -0.166. The number of hydrogen-bond acceptors (Lipinski definition) is 2. The molecule has 0 aliphatic carbocycles. The number of hydrogen-bond donors (Lipinski definition) is 3. The topological polar surface area (TPSA) is 78.4 Å². The van der Waals surface area contributed by atoms with Gasteiger partial charge < -0.3 is 15.7 Å². The molecule has 0 aliphatic heterocycles. The second-order valence-electron chi connectivity index (χ2n) is 6.43. The lowest BCUT2D eigenvalue weighted by atomic mass is 9.84. The summed E-state index contributed by atoms with van der Waals surface area (Å²) in [5.41, 5.74) is -0.283. The van der Waals surface area contributed by atoms with E-state index in [0.29, 0.717) is 13.0 Å². The highest BCUT2D eigenvalue weighted by Crippen LogP contribution is 2.25. The highest BCUT2D eigenvalue weighted by molar-refractivity contribution is 5.74. The summed E-state index contributed by atoms with van der Waals surface area (Å²) < 4.78 is 0. The molecule has 5 nitrogen and oxygen atoms in total. The molecule has 0 aromatic rings. The molecule has 112 valence electrons. The molecular formula is C14H28N2O3. The third-order valence-electron chi connectivity index (χ3n) is 3.44. The first kappa shape index (κ1) is 17.7. The molecule has 0 aromatic heterocycles. The van der Waals surface area contributed by atoms with Crippen molar-refractivity contribution in [1.82, 2.24) is 10.6 Å². The summed E-state index contributed by atoms with van der Waals surface area (Å²) in [7, 11) is 0. The minimum atomic E-state index is -0.775. The van der Waals surface area contributed by atoms with E-state index in [0.717, 1.165) is 12.8 Å². The fourth-order valence-electron chi connectivity index (χ4n) is 1.52. The number of urea groups is 1. The van der Waals surface area contributed by atoms with Gasteiger partial charge in [-0.05, 0) is 38.5 Å². The molecule has 0 atom stereocenters. The number of carbonyl (C=O) groups excluding carboxylic acids is 1. The predicted octanol–water partition coefficient (Wildman–Crippen LogP) is 2.76. The van der Waals surface area contributed by atoms with E-state index in [1.165, 1.54) is 0 Å². The minimum absolute atomic E-state index is 0.0774. The van der Waals surface area contributed by atoms with E-state index in [2.05, 4.69) is 10.6 Å². The molecule has 2 amide bonds. The Labute approximate surface area is 116 Å². The number of aliphatic carboxylic acids is 1. The Hall–Kier alpha value is -1.26. The first-order valence-electron chi connectivity index (χ1n) is 6.86. The van der Waals surface area contributed by atoms with Crippen LogP contribution >= 0.6 is 0 Å². The second kappa shape index (κ2) is 7.36. The smallest absolute Gasteiger partial charge is 0.315 e. The van der Waals surface area contributed by atoms with Crippen LogP contribution in [0.1, 0.15) is 60.3 Å². The summed E-state index contributed by atoms with van der Waals surface area (Å²) >= 11 is 0. The van der Waals surface area contributed by atoms with Gasteiger partial charge in [0.2, 0.25) is 0 Å². The summed E-state index contributed by atoms with van der Waals surface area (Å²) in [6.45, 7) is 10.6. The van der Waals surface area contributed by atoms with Crippen molar-refractivity contribution >= 4 is 12.0 Å². The number of carbonyl (C=O) groups is 2. The first-order valence-corrected chi connectivity index (χ1v) is 6.86. The van der Waals surface area contributed by atoms with Crippen molar-refractivity contribution in [3.63, 3.8) is 0 Å². The Kier molecular flexibility index (Phi) is 6.87. The molecule has 0 aromatic carbocycles. The van der Waals surface area contributed by atoms with Crippen molar-refractivity contribution in [1.29, 1.82) is 0 Å². The van der Waals surface area contributed by atoms with E-state index in [1.807, 2.05) is 34.6 Å². The number of carboxylic acid groups (broad SMARTS) is 1. The monoisotopic (exact) mass is 272 g/mol. The van der Waals surface area contributed by atoms with Crippen LogP contribution in [0.15, 0.2) is 0 Å². The minimum Gasteiger partial charge on any atom is -0.481 e. The van der Waals surface area contributed by atoms with Crippen LogP contribution < -0.4 is 10.6 Å². The molecule has 5 heteroatoms. The molecule has 0 heterocycles. The van der Waals surface area contributed by atoms with Crippen LogP contribution in [0.3, 0.4) is 0 Å². The Morgan fingerprint density at radius 2 is 1.68 bits per heavy atom. The van der Waals surface area contributed by atoms with Crippen LogP contribution in [0.25, 0.3) is 0 Å². The van der Waals surface area contributed by atoms with Crippen molar-refractivity contribution in [3.8, 4) is 0 Å². The van der Waals surface area contributed by atoms with E-state index in [1.54, 1.807) is 0 Å². The molecule has 19 heavy (non-hydrogen) atoms. The molecule has 3 N–H and O–H groups in total. The molecule has 0 rings (SSSR count). The van der Waals surface area contributed by atoms with Gasteiger partial charge in [0.05, 0.1) is 0 Å². The fourth-order valence-corrected chi connectivity index (χ4v) is 1.52. The number of carboxylic acids is 1. The van der Waals surface area contributed by atoms with Crippen molar-refractivity contribution in [2.75, 3.05) is 6.54 Å². The second-order valence-corrected chi connectivity index (χ2v) is 6.43. The summed E-state index contributed by atoms with van der Waals surface area (Å²) in [5.74, 6) is -0.775. The van der Waals surface area contributed by atoms with Gasteiger partial charge in [-0.15, -0.1) is 0 Å². The Morgan fingerprint density at radius 1 is 1.11 bits per heavy atom. The average Bonchev–Trinajstić information content (AvgIpc) is 2.25. The molecule has 0 bridgehead atoms. The van der Waals surface area contributed by atoms with Gasteiger partial charge in [-0.2, -0.15) is 0 Å². The van der Waals surface area contributed by atoms with E-state index in [-0.39, 0.29) is 23.4 Å². The van der Waals surface area contributed by atoms with Gasteiger partial charge in [0.15, 0.2) is 0 Å². The molecule has 0 fully saturated rings. The average molecular weight is 272 g/mol. The highest BCUT2D eigenvalue weighted by Gasteiger charge is 2.20. The SMILES string of the molecule is CCC(C)(C)NC(=O)NCCC(C)(C)CCC(=O)O. The van der Waals surface area contributed by atoms with Crippen LogP contribution in [0.4, 0.5) is 4.79 Å². The van der Waals surface area contributed by atoms with E-state index < -0.39 is 5.97 Å². The van der Waals surface area contributed by atoms with Crippen molar-refractivity contribution < 1.29 is 14.7 Å². The zero-order valence-corrected chi connectivity index (χ0v) is 12.8. The van der Waals surface area contributed by atoms with Crippen LogP contribution in [0, 0.1) is 5.41 Å². The highest BCUT2D eigenvalue weighted by atomic mass is 16.4. The van der Waals surface area contributed by atoms with Gasteiger partial charge in [0, 0.05) is 18.5 Å². The number of nitrogens with one attached hydrogen (secondary N) is 2. The fraction of sp³-hybridized carbons (Fsp3) is 0.857. The van der Waals surface area contributed by atoms with Crippen molar-refractivity contribution in [2.45, 2.75) is 65.8 Å². The zero-order chi connectivity index (χ0) is 15.1. The molecule has 0 aliphatic rings. The number of amides is 2. The zero-order valence-electron chi connectivity index (χ0n) is 12.8. The normalized spacial score (nSPS) is 12.1. The van der Waals surface area contributed by atoms with Gasteiger partial charge in [-0.3, -0.25) is 4.79 Å². The summed E-state index contributed by atoms with van der Waals surface area (Å²) in [4.78, 5) is 22.2. The summed E-state index contributed by atoms with van der Waals surface area (Å²) in [6.07, 6.45) is 2.42. The lowest BCUT2D eigenvalue weighted by molar-refractivity contribution is -0.137. The van der Waals surface area contributed by atoms with Crippen LogP contribution in [-0.4, -0.2) is 29.2 Å². The summed E-state index contributed by atoms with van der Waals surface area (Å²) in [5, 5.41) is 14.4. The first-order chi connectivity index (χ1) is 8.58. The van der Waals surface area contributed by atoms with Crippen molar-refractivity contribution in [3.05, 3.63) is 0 Å². The van der Waals surface area contributed by atoms with Crippen molar-refractivity contribution in [2.24, 2.45) is 5.41 Å². The standard InChI is InChI=1S/C14H28N2O3/c1-6-14(4,5)16-12(19)15-10-9-13(2,3)8-7-11(17)18/h6-10H2,1-5H3,(H,17,18)(H2,15,16,19). The van der Waals surface area contributed by atoms with Gasteiger partial charge in [-0.1, -0.05) is 20.8 Å². The van der Waals surface area contributed by atoms with E-state index in [9.17, 15) is 9.59 Å². The molecule has 0 radical (unpaired) electrons. The molecule has 0 saturated carbocycles. The van der Waals surface area contributed by atoms with E-state index in [4.69, 9.17) is 5.11 Å². The van der Waals surface area contributed by atoms with E-state index >= 15 is 0 Å². The maximum absolute atomic E-state index is 11.7. The van der Waals surface area contributed by atoms with Gasteiger partial charge >= 0.3 is 12.0 Å². The van der Waals surface area contributed by atoms with Gasteiger partial charge in [0.1, 0.15) is 0 Å². The van der Waals surface area contributed by atoms with Crippen LogP contribution in [0.5, 0.6) is 0 Å². The Balaban J connectivity index is 3.95. The Morgan fingerprint density at radius 3 is 2.16 bits per heavy atom. The molecule has 0 saturated heterocycles. The lowest BCUT2D eigenvalue weighted by Gasteiger charge is -2.26. The lowest BCUT2D eigenvalue weighted by Crippen LogP contribution is -2.48.